The Morgan fingerprint density at radius 3 is 2.42 bits per heavy atom. The Morgan fingerprint density at radius 1 is 1.47 bits per heavy atom. The fourth-order valence-corrected chi connectivity index (χ4v) is 1.50. The van der Waals surface area contributed by atoms with Crippen LogP contribution in [0.2, 0.25) is 0 Å². The molecule has 1 heterocycles. The first kappa shape index (κ1) is 15.5. The number of hydrogen-bond acceptors (Lipinski definition) is 8. The van der Waals surface area contributed by atoms with Crippen LogP contribution in [0.15, 0.2) is 10.6 Å². The van der Waals surface area contributed by atoms with E-state index < -0.39 is 42.2 Å². The second-order valence-corrected chi connectivity index (χ2v) is 4.08. The quantitative estimate of drug-likeness (QED) is 0.325. The van der Waals surface area contributed by atoms with Crippen molar-refractivity contribution < 1.29 is 40.0 Å². The number of aliphatic hydroxyl groups excluding tert-OH is 4. The average molecular weight is 277 g/mol. The van der Waals surface area contributed by atoms with Gasteiger partial charge in [-0.25, -0.2) is 4.79 Å². The second-order valence-electron chi connectivity index (χ2n) is 4.08. The Bertz CT molecular complexity index is 446. The van der Waals surface area contributed by atoms with Crippen molar-refractivity contribution in [3.8, 4) is 0 Å². The summed E-state index contributed by atoms with van der Waals surface area (Å²) in [6.45, 7) is 0.510. The van der Waals surface area contributed by atoms with Crippen molar-refractivity contribution in [2.75, 3.05) is 6.61 Å². The van der Waals surface area contributed by atoms with Gasteiger partial charge in [0.1, 0.15) is 29.8 Å². The summed E-state index contributed by atoms with van der Waals surface area (Å²) in [5, 5.41) is 59.4. The molecule has 0 saturated carbocycles. The molecule has 6 N–H and O–H groups in total. The number of aromatic nitrogens is 1. The minimum absolute atomic E-state index is 0.180. The average Bonchev–Trinajstić information content (AvgIpc) is 2.81. The molecule has 1 aromatic rings. The highest BCUT2D eigenvalue weighted by Crippen LogP contribution is 2.28. The first-order valence-corrected chi connectivity index (χ1v) is 5.29. The Morgan fingerprint density at radius 2 is 2.05 bits per heavy atom. The van der Waals surface area contributed by atoms with E-state index in [2.05, 4.69) is 9.68 Å². The summed E-state index contributed by atoms with van der Waals surface area (Å²) in [5.41, 5.74) is -3.51. The molecule has 0 aliphatic heterocycles. The van der Waals surface area contributed by atoms with Gasteiger partial charge in [-0.05, 0) is 6.92 Å². The first-order chi connectivity index (χ1) is 8.75. The number of nitrogens with zero attached hydrogens (tertiary/aromatic N) is 1. The van der Waals surface area contributed by atoms with Crippen molar-refractivity contribution in [2.24, 2.45) is 0 Å². The van der Waals surface area contributed by atoms with Crippen molar-refractivity contribution >= 4 is 5.97 Å². The number of hydrogen-bond donors (Lipinski definition) is 6. The lowest BCUT2D eigenvalue weighted by atomic mass is 9.87. The third-order valence-electron chi connectivity index (χ3n) is 2.68. The maximum Gasteiger partial charge on any atom is 0.345 e. The zero-order chi connectivity index (χ0) is 14.8. The van der Waals surface area contributed by atoms with Crippen molar-refractivity contribution in [3.05, 3.63) is 17.5 Å². The van der Waals surface area contributed by atoms with Crippen LogP contribution in [0.5, 0.6) is 0 Å². The maximum absolute atomic E-state index is 11.1. The van der Waals surface area contributed by atoms with Gasteiger partial charge in [0.15, 0.2) is 0 Å². The number of aliphatic hydroxyl groups is 5. The van der Waals surface area contributed by atoms with Gasteiger partial charge in [-0.15, -0.1) is 0 Å². The van der Waals surface area contributed by atoms with E-state index in [1.165, 1.54) is 6.92 Å². The Balaban J connectivity index is 3.16. The third kappa shape index (κ3) is 2.74. The summed E-state index contributed by atoms with van der Waals surface area (Å²) in [7, 11) is 0. The topological polar surface area (TPSA) is 164 Å². The monoisotopic (exact) mass is 277 g/mol. The summed E-state index contributed by atoms with van der Waals surface area (Å²) in [6.07, 6.45) is -6.24. The highest BCUT2D eigenvalue weighted by Gasteiger charge is 2.52. The van der Waals surface area contributed by atoms with Gasteiger partial charge in [0.2, 0.25) is 5.60 Å². The largest absolute Gasteiger partial charge is 0.479 e. The SMILES string of the molecule is Cc1cc([C@](O)(C(=O)O)[C@@H](O)[C@H](O)[C@H](O)CO)no1. The predicted octanol–water partition coefficient (Wildman–Crippen LogP) is -2.67. The number of aryl methyl sites for hydroxylation is 1. The molecule has 0 aromatic carbocycles. The zero-order valence-electron chi connectivity index (χ0n) is 9.96. The molecule has 108 valence electrons. The molecule has 1 rings (SSSR count). The molecule has 19 heavy (non-hydrogen) atoms. The Labute approximate surface area is 107 Å². The fraction of sp³-hybridized carbons (Fsp3) is 0.600. The van der Waals surface area contributed by atoms with Crippen molar-refractivity contribution in [1.82, 2.24) is 5.16 Å². The van der Waals surface area contributed by atoms with Gasteiger partial charge in [-0.1, -0.05) is 5.16 Å². The predicted molar refractivity (Wildman–Crippen MR) is 57.9 cm³/mol. The van der Waals surface area contributed by atoms with Gasteiger partial charge in [-0.2, -0.15) is 0 Å². The molecule has 0 saturated heterocycles. The van der Waals surface area contributed by atoms with E-state index >= 15 is 0 Å². The molecule has 1 aromatic heterocycles. The van der Waals surface area contributed by atoms with E-state index in [1.54, 1.807) is 0 Å². The van der Waals surface area contributed by atoms with Crippen LogP contribution in [0.4, 0.5) is 0 Å². The van der Waals surface area contributed by atoms with Crippen LogP contribution in [0, 0.1) is 6.92 Å². The molecule has 9 heteroatoms. The number of carboxylic acid groups (broad SMARTS) is 1. The van der Waals surface area contributed by atoms with Crippen LogP contribution in [0.3, 0.4) is 0 Å². The van der Waals surface area contributed by atoms with Crippen molar-refractivity contribution in [2.45, 2.75) is 30.8 Å². The Kier molecular flexibility index (Phi) is 4.61. The number of carbonyl (C=O) groups is 1. The molecule has 0 radical (unpaired) electrons. The van der Waals surface area contributed by atoms with E-state index in [-0.39, 0.29) is 5.76 Å². The van der Waals surface area contributed by atoms with E-state index in [0.717, 1.165) is 6.07 Å². The van der Waals surface area contributed by atoms with Crippen LogP contribution in [-0.2, 0) is 10.4 Å². The van der Waals surface area contributed by atoms with Gasteiger partial charge in [0, 0.05) is 6.07 Å². The molecule has 9 nitrogen and oxygen atoms in total. The van der Waals surface area contributed by atoms with Crippen LogP contribution in [0.25, 0.3) is 0 Å². The van der Waals surface area contributed by atoms with Gasteiger partial charge in [-0.3, -0.25) is 0 Å². The molecule has 0 aliphatic carbocycles. The maximum atomic E-state index is 11.1. The summed E-state index contributed by atoms with van der Waals surface area (Å²) in [5.74, 6) is -1.71. The molecule has 0 amide bonds. The lowest BCUT2D eigenvalue weighted by Gasteiger charge is -2.31. The summed E-state index contributed by atoms with van der Waals surface area (Å²) >= 11 is 0. The molecule has 4 atom stereocenters. The molecule has 0 aliphatic rings. The van der Waals surface area contributed by atoms with Gasteiger partial charge in [0.25, 0.3) is 0 Å². The van der Waals surface area contributed by atoms with E-state index in [1.807, 2.05) is 0 Å². The number of carboxylic acids is 1. The van der Waals surface area contributed by atoms with E-state index in [0.29, 0.717) is 0 Å². The lowest BCUT2D eigenvalue weighted by molar-refractivity contribution is -0.195. The van der Waals surface area contributed by atoms with Crippen LogP contribution < -0.4 is 0 Å². The lowest BCUT2D eigenvalue weighted by Crippen LogP contribution is -2.56. The fourth-order valence-electron chi connectivity index (χ4n) is 1.50. The summed E-state index contributed by atoms with van der Waals surface area (Å²) in [4.78, 5) is 11.1. The molecule has 0 bridgehead atoms. The van der Waals surface area contributed by atoms with Crippen molar-refractivity contribution in [1.29, 1.82) is 0 Å². The number of aliphatic carboxylic acids is 1. The molecular formula is C10H15NO8. The standard InChI is InChI=1S/C10H15NO8/c1-4-2-6(11-19-4)10(18,9(16)17)8(15)7(14)5(13)3-12/h2,5,7-8,12-15,18H,3H2,1H3,(H,16,17)/t5-,7-,8+,10-/m1/s1. The summed E-state index contributed by atoms with van der Waals surface area (Å²) in [6, 6.07) is 1.06. The van der Waals surface area contributed by atoms with E-state index in [9.17, 15) is 25.2 Å². The molecule has 0 fully saturated rings. The first-order valence-electron chi connectivity index (χ1n) is 5.29. The second kappa shape index (κ2) is 5.63. The van der Waals surface area contributed by atoms with E-state index in [4.69, 9.17) is 10.2 Å². The van der Waals surface area contributed by atoms with Gasteiger partial charge >= 0.3 is 5.97 Å². The molecule has 0 unspecified atom stereocenters. The van der Waals surface area contributed by atoms with Gasteiger partial charge < -0.3 is 35.2 Å². The normalized spacial score (nSPS) is 19.5. The minimum Gasteiger partial charge on any atom is -0.479 e. The highest BCUT2D eigenvalue weighted by molar-refractivity contribution is 5.79. The van der Waals surface area contributed by atoms with Crippen LogP contribution >= 0.6 is 0 Å². The van der Waals surface area contributed by atoms with Crippen LogP contribution in [0.1, 0.15) is 11.5 Å². The zero-order valence-corrected chi connectivity index (χ0v) is 9.96. The van der Waals surface area contributed by atoms with Crippen molar-refractivity contribution in [3.63, 3.8) is 0 Å². The summed E-state index contributed by atoms with van der Waals surface area (Å²) < 4.78 is 4.60. The minimum atomic E-state index is -2.98. The van der Waals surface area contributed by atoms with Gasteiger partial charge in [0.05, 0.1) is 6.61 Å². The number of rotatable bonds is 6. The highest BCUT2D eigenvalue weighted by atomic mass is 16.5. The Hall–Kier alpha value is -1.52. The third-order valence-corrected chi connectivity index (χ3v) is 2.68. The molecule has 0 spiro atoms. The smallest absolute Gasteiger partial charge is 0.345 e. The van der Waals surface area contributed by atoms with Crippen LogP contribution in [-0.4, -0.2) is 66.7 Å². The molecular weight excluding hydrogens is 262 g/mol.